The van der Waals surface area contributed by atoms with Crippen molar-refractivity contribution in [3.05, 3.63) is 53.1 Å². The van der Waals surface area contributed by atoms with Crippen LogP contribution in [0, 0.1) is 0 Å². The van der Waals surface area contributed by atoms with Crippen LogP contribution in [0.3, 0.4) is 0 Å². The molecular formula is C12H12ClN3O. The molecule has 1 heterocycles. The van der Waals surface area contributed by atoms with Crippen LogP contribution in [-0.4, -0.2) is 15.9 Å². The monoisotopic (exact) mass is 249 g/mol. The Morgan fingerprint density at radius 1 is 1.47 bits per heavy atom. The third-order valence-corrected chi connectivity index (χ3v) is 2.50. The zero-order chi connectivity index (χ0) is 12.1. The van der Waals surface area contributed by atoms with Crippen LogP contribution < -0.4 is 5.32 Å². The molecule has 0 bridgehead atoms. The molecule has 2 N–H and O–H groups in total. The van der Waals surface area contributed by atoms with E-state index in [9.17, 15) is 4.79 Å². The second-order valence-electron chi connectivity index (χ2n) is 3.62. The van der Waals surface area contributed by atoms with Crippen molar-refractivity contribution in [1.29, 1.82) is 0 Å². The third kappa shape index (κ3) is 3.60. The summed E-state index contributed by atoms with van der Waals surface area (Å²) in [6.07, 6.45) is 3.69. The number of benzene rings is 1. The van der Waals surface area contributed by atoms with Gasteiger partial charge in [0.25, 0.3) is 0 Å². The minimum absolute atomic E-state index is 0.0522. The topological polar surface area (TPSA) is 57.8 Å². The highest BCUT2D eigenvalue weighted by Gasteiger charge is 2.04. The fourth-order valence-electron chi connectivity index (χ4n) is 1.47. The van der Waals surface area contributed by atoms with Gasteiger partial charge in [0.15, 0.2) is 0 Å². The molecule has 5 heteroatoms. The van der Waals surface area contributed by atoms with Crippen molar-refractivity contribution in [2.45, 2.75) is 13.0 Å². The quantitative estimate of drug-likeness (QED) is 0.870. The molecule has 0 unspecified atom stereocenters. The van der Waals surface area contributed by atoms with Gasteiger partial charge in [-0.3, -0.25) is 4.79 Å². The number of imidazole rings is 1. The summed E-state index contributed by atoms with van der Waals surface area (Å²) < 4.78 is 0. The van der Waals surface area contributed by atoms with Crippen LogP contribution >= 0.6 is 11.6 Å². The number of aromatic amines is 1. The molecule has 0 atom stereocenters. The van der Waals surface area contributed by atoms with Gasteiger partial charge in [-0.25, -0.2) is 4.98 Å². The van der Waals surface area contributed by atoms with Crippen molar-refractivity contribution in [3.63, 3.8) is 0 Å². The largest absolute Gasteiger partial charge is 0.349 e. The van der Waals surface area contributed by atoms with Crippen molar-refractivity contribution in [1.82, 2.24) is 15.3 Å². The Kier molecular flexibility index (Phi) is 3.77. The molecule has 0 aliphatic rings. The summed E-state index contributed by atoms with van der Waals surface area (Å²) in [5.74, 6) is 0.688. The van der Waals surface area contributed by atoms with Crippen LogP contribution in [0.25, 0.3) is 0 Å². The second-order valence-corrected chi connectivity index (χ2v) is 4.06. The first-order valence-electron chi connectivity index (χ1n) is 5.23. The number of carbonyl (C=O) groups is 1. The molecule has 0 aliphatic carbocycles. The molecule has 0 saturated carbocycles. The number of H-pyrrole nitrogens is 1. The summed E-state index contributed by atoms with van der Waals surface area (Å²) >= 11 is 5.84. The zero-order valence-corrected chi connectivity index (χ0v) is 9.87. The van der Waals surface area contributed by atoms with E-state index in [1.165, 1.54) is 0 Å². The Hall–Kier alpha value is -1.81. The average molecular weight is 250 g/mol. The lowest BCUT2D eigenvalue weighted by Crippen LogP contribution is -2.25. The van der Waals surface area contributed by atoms with Crippen LogP contribution in [0.1, 0.15) is 11.4 Å². The number of carbonyl (C=O) groups excluding carboxylic acids is 1. The minimum Gasteiger partial charge on any atom is -0.349 e. The Labute approximate surface area is 104 Å². The summed E-state index contributed by atoms with van der Waals surface area (Å²) in [4.78, 5) is 18.6. The van der Waals surface area contributed by atoms with Crippen LogP contribution in [0.15, 0.2) is 36.7 Å². The van der Waals surface area contributed by atoms with Gasteiger partial charge >= 0.3 is 0 Å². The second kappa shape index (κ2) is 5.50. The van der Waals surface area contributed by atoms with Crippen LogP contribution in [0.4, 0.5) is 0 Å². The molecule has 2 rings (SSSR count). The Morgan fingerprint density at radius 3 is 3.06 bits per heavy atom. The fraction of sp³-hybridized carbons (Fsp3) is 0.167. The van der Waals surface area contributed by atoms with Gasteiger partial charge in [-0.15, -0.1) is 0 Å². The van der Waals surface area contributed by atoms with Gasteiger partial charge in [-0.2, -0.15) is 0 Å². The van der Waals surface area contributed by atoms with E-state index < -0.39 is 0 Å². The lowest BCUT2D eigenvalue weighted by Gasteiger charge is -2.03. The third-order valence-electron chi connectivity index (χ3n) is 2.26. The summed E-state index contributed by atoms with van der Waals surface area (Å²) in [5.41, 5.74) is 0.898. The molecule has 4 nitrogen and oxygen atoms in total. The van der Waals surface area contributed by atoms with Crippen molar-refractivity contribution in [2.75, 3.05) is 0 Å². The van der Waals surface area contributed by atoms with Crippen molar-refractivity contribution < 1.29 is 4.79 Å². The van der Waals surface area contributed by atoms with Crippen molar-refractivity contribution in [3.8, 4) is 0 Å². The maximum atomic E-state index is 11.6. The maximum Gasteiger partial charge on any atom is 0.224 e. The molecule has 2 aromatic rings. The number of aromatic nitrogens is 2. The highest BCUT2D eigenvalue weighted by atomic mass is 35.5. The SMILES string of the molecule is O=C(Cc1cccc(Cl)c1)NCc1ncc[nH]1. The number of halogens is 1. The van der Waals surface area contributed by atoms with Crippen LogP contribution in [0.5, 0.6) is 0 Å². The lowest BCUT2D eigenvalue weighted by atomic mass is 10.1. The Bertz CT molecular complexity index is 496. The van der Waals surface area contributed by atoms with Gasteiger partial charge in [0, 0.05) is 17.4 Å². The highest BCUT2D eigenvalue weighted by molar-refractivity contribution is 6.30. The lowest BCUT2D eigenvalue weighted by molar-refractivity contribution is -0.120. The molecule has 0 radical (unpaired) electrons. The Balaban J connectivity index is 1.85. The van der Waals surface area contributed by atoms with E-state index in [2.05, 4.69) is 15.3 Å². The van der Waals surface area contributed by atoms with Gasteiger partial charge in [-0.1, -0.05) is 23.7 Å². The Morgan fingerprint density at radius 2 is 2.35 bits per heavy atom. The number of nitrogens with one attached hydrogen (secondary N) is 2. The van der Waals surface area contributed by atoms with E-state index in [1.54, 1.807) is 24.5 Å². The first-order chi connectivity index (χ1) is 8.24. The predicted molar refractivity (Wildman–Crippen MR) is 65.6 cm³/mol. The van der Waals surface area contributed by atoms with E-state index >= 15 is 0 Å². The number of hydrogen-bond acceptors (Lipinski definition) is 2. The number of nitrogens with zero attached hydrogens (tertiary/aromatic N) is 1. The van der Waals surface area contributed by atoms with Gasteiger partial charge in [0.1, 0.15) is 5.82 Å². The molecule has 1 amide bonds. The van der Waals surface area contributed by atoms with Crippen LogP contribution in [-0.2, 0) is 17.8 Å². The first-order valence-corrected chi connectivity index (χ1v) is 5.61. The van der Waals surface area contributed by atoms with Crippen molar-refractivity contribution >= 4 is 17.5 Å². The summed E-state index contributed by atoms with van der Waals surface area (Å²) in [5, 5.41) is 3.42. The predicted octanol–water partition coefficient (Wildman–Crippen LogP) is 1.92. The molecule has 0 aliphatic heterocycles. The normalized spacial score (nSPS) is 10.2. The zero-order valence-electron chi connectivity index (χ0n) is 9.11. The molecule has 1 aromatic heterocycles. The first kappa shape index (κ1) is 11.7. The molecule has 1 aromatic carbocycles. The van der Waals surface area contributed by atoms with Crippen molar-refractivity contribution in [2.24, 2.45) is 0 Å². The molecule has 0 spiro atoms. The standard InChI is InChI=1S/C12H12ClN3O/c13-10-3-1-2-9(6-10)7-12(17)16-8-11-14-4-5-15-11/h1-6H,7-8H2,(H,14,15)(H,16,17). The summed E-state index contributed by atoms with van der Waals surface area (Å²) in [6, 6.07) is 7.27. The molecular weight excluding hydrogens is 238 g/mol. The van der Waals surface area contributed by atoms with Gasteiger partial charge in [-0.05, 0) is 17.7 Å². The van der Waals surface area contributed by atoms with Gasteiger partial charge < -0.3 is 10.3 Å². The van der Waals surface area contributed by atoms with E-state index in [1.807, 2.05) is 12.1 Å². The number of rotatable bonds is 4. The summed E-state index contributed by atoms with van der Waals surface area (Å²) in [6.45, 7) is 0.409. The summed E-state index contributed by atoms with van der Waals surface area (Å²) in [7, 11) is 0. The van der Waals surface area contributed by atoms with E-state index in [-0.39, 0.29) is 5.91 Å². The maximum absolute atomic E-state index is 11.6. The van der Waals surface area contributed by atoms with E-state index in [0.29, 0.717) is 18.0 Å². The average Bonchev–Trinajstić information content (AvgIpc) is 2.79. The van der Waals surface area contributed by atoms with Gasteiger partial charge in [0.05, 0.1) is 13.0 Å². The fourth-order valence-corrected chi connectivity index (χ4v) is 1.68. The van der Waals surface area contributed by atoms with E-state index in [4.69, 9.17) is 11.6 Å². The number of hydrogen-bond donors (Lipinski definition) is 2. The molecule has 0 saturated heterocycles. The van der Waals surface area contributed by atoms with Gasteiger partial charge in [0.2, 0.25) is 5.91 Å². The highest BCUT2D eigenvalue weighted by Crippen LogP contribution is 2.10. The van der Waals surface area contributed by atoms with E-state index in [0.717, 1.165) is 11.4 Å². The molecule has 88 valence electrons. The number of amides is 1. The molecule has 0 fully saturated rings. The smallest absolute Gasteiger partial charge is 0.224 e. The minimum atomic E-state index is -0.0522. The van der Waals surface area contributed by atoms with Crippen LogP contribution in [0.2, 0.25) is 5.02 Å². The molecule has 17 heavy (non-hydrogen) atoms.